The van der Waals surface area contributed by atoms with E-state index in [1.54, 1.807) is 11.8 Å². The fourth-order valence-electron chi connectivity index (χ4n) is 1.26. The van der Waals surface area contributed by atoms with Crippen molar-refractivity contribution in [3.8, 4) is 0 Å². The molecule has 2 N–H and O–H groups in total. The van der Waals surface area contributed by atoms with Gasteiger partial charge in [0.15, 0.2) is 0 Å². The fraction of sp³-hybridized carbons (Fsp3) is 0.500. The summed E-state index contributed by atoms with van der Waals surface area (Å²) in [7, 11) is 0. The molecule has 0 spiro atoms. The smallest absolute Gasteiger partial charge is 0.0959 e. The largest absolute Gasteiger partial charge is 0.324 e. The molecule has 13 heavy (non-hydrogen) atoms. The lowest BCUT2D eigenvalue weighted by molar-refractivity contribution is 0.687. The van der Waals surface area contributed by atoms with Crippen LogP contribution in [-0.4, -0.2) is 11.2 Å². The lowest BCUT2D eigenvalue weighted by atomic mass is 10.0. The molecule has 1 atom stereocenters. The van der Waals surface area contributed by atoms with E-state index in [1.807, 2.05) is 12.5 Å². The number of aromatic nitrogens is 1. The Morgan fingerprint density at radius 2 is 2.31 bits per heavy atom. The second-order valence-corrected chi connectivity index (χ2v) is 3.92. The number of pyridine rings is 1. The predicted molar refractivity (Wildman–Crippen MR) is 58.0 cm³/mol. The third-order valence-corrected chi connectivity index (χ3v) is 2.82. The molecule has 0 amide bonds. The molecule has 1 rings (SSSR count). The summed E-state index contributed by atoms with van der Waals surface area (Å²) in [6.45, 7) is 4.18. The normalized spacial score (nSPS) is 12.9. The molecule has 0 saturated heterocycles. The summed E-state index contributed by atoms with van der Waals surface area (Å²) in [6.07, 6.45) is 4.89. The fourth-order valence-corrected chi connectivity index (χ4v) is 1.71. The van der Waals surface area contributed by atoms with E-state index in [9.17, 15) is 0 Å². The summed E-state index contributed by atoms with van der Waals surface area (Å²) >= 11 is 1.66. The van der Waals surface area contributed by atoms with Gasteiger partial charge in [-0.2, -0.15) is 0 Å². The van der Waals surface area contributed by atoms with Crippen LogP contribution in [0.1, 0.15) is 30.5 Å². The molecular weight excluding hydrogens is 180 g/mol. The van der Waals surface area contributed by atoms with Crippen molar-refractivity contribution in [1.82, 2.24) is 4.98 Å². The van der Waals surface area contributed by atoms with Crippen molar-refractivity contribution in [3.05, 3.63) is 23.4 Å². The average molecular weight is 196 g/mol. The number of nitrogens with two attached hydrogens (primary N) is 1. The van der Waals surface area contributed by atoms with E-state index in [-0.39, 0.29) is 6.04 Å². The van der Waals surface area contributed by atoms with Crippen LogP contribution >= 0.6 is 11.8 Å². The SMILES string of the molecule is CCC(N)c1cnc(SC)cc1C. The summed E-state index contributed by atoms with van der Waals surface area (Å²) in [4.78, 5) is 4.31. The predicted octanol–water partition coefficient (Wildman–Crippen LogP) is 2.52. The number of thioether (sulfide) groups is 1. The van der Waals surface area contributed by atoms with Crippen molar-refractivity contribution in [2.45, 2.75) is 31.3 Å². The summed E-state index contributed by atoms with van der Waals surface area (Å²) < 4.78 is 0. The number of aryl methyl sites for hydroxylation is 1. The van der Waals surface area contributed by atoms with Crippen LogP contribution in [-0.2, 0) is 0 Å². The Labute approximate surface area is 83.9 Å². The zero-order chi connectivity index (χ0) is 9.84. The van der Waals surface area contributed by atoms with E-state index in [0.717, 1.165) is 11.4 Å². The van der Waals surface area contributed by atoms with Crippen LogP contribution in [0.15, 0.2) is 17.3 Å². The van der Waals surface area contributed by atoms with Gasteiger partial charge in [0, 0.05) is 12.2 Å². The zero-order valence-corrected chi connectivity index (χ0v) is 9.19. The highest BCUT2D eigenvalue weighted by molar-refractivity contribution is 7.98. The topological polar surface area (TPSA) is 38.9 Å². The van der Waals surface area contributed by atoms with Gasteiger partial charge in [0.05, 0.1) is 5.03 Å². The van der Waals surface area contributed by atoms with Crippen molar-refractivity contribution < 1.29 is 0 Å². The van der Waals surface area contributed by atoms with Crippen LogP contribution in [0.3, 0.4) is 0 Å². The van der Waals surface area contributed by atoms with Gasteiger partial charge in [0.1, 0.15) is 0 Å². The molecule has 1 aromatic rings. The van der Waals surface area contributed by atoms with E-state index in [2.05, 4.69) is 24.9 Å². The molecule has 1 unspecified atom stereocenters. The Bertz CT molecular complexity index is 286. The van der Waals surface area contributed by atoms with Crippen molar-refractivity contribution in [1.29, 1.82) is 0 Å². The molecule has 3 heteroatoms. The molecule has 0 saturated carbocycles. The third-order valence-electron chi connectivity index (χ3n) is 2.17. The van der Waals surface area contributed by atoms with Crippen LogP contribution in [0.2, 0.25) is 0 Å². The Morgan fingerprint density at radius 1 is 1.62 bits per heavy atom. The van der Waals surface area contributed by atoms with Gasteiger partial charge in [-0.1, -0.05) is 6.92 Å². The minimum atomic E-state index is 0.128. The van der Waals surface area contributed by atoms with Crippen LogP contribution in [0, 0.1) is 6.92 Å². The van der Waals surface area contributed by atoms with Gasteiger partial charge in [-0.05, 0) is 36.8 Å². The van der Waals surface area contributed by atoms with Gasteiger partial charge in [-0.25, -0.2) is 4.98 Å². The quantitative estimate of drug-likeness (QED) is 0.755. The summed E-state index contributed by atoms with van der Waals surface area (Å²) in [5.41, 5.74) is 8.35. The van der Waals surface area contributed by atoms with Crippen molar-refractivity contribution in [2.24, 2.45) is 5.73 Å². The maximum Gasteiger partial charge on any atom is 0.0959 e. The third kappa shape index (κ3) is 2.45. The summed E-state index contributed by atoms with van der Waals surface area (Å²) in [5, 5.41) is 1.06. The molecule has 2 nitrogen and oxygen atoms in total. The van der Waals surface area contributed by atoms with Crippen molar-refractivity contribution in [2.75, 3.05) is 6.26 Å². The first-order valence-electron chi connectivity index (χ1n) is 4.45. The maximum atomic E-state index is 5.94. The van der Waals surface area contributed by atoms with Gasteiger partial charge in [-0.3, -0.25) is 0 Å². The summed E-state index contributed by atoms with van der Waals surface area (Å²) in [5.74, 6) is 0. The number of hydrogen-bond acceptors (Lipinski definition) is 3. The van der Waals surface area contributed by atoms with Crippen molar-refractivity contribution in [3.63, 3.8) is 0 Å². The molecule has 0 aliphatic heterocycles. The first-order valence-corrected chi connectivity index (χ1v) is 5.67. The second-order valence-electron chi connectivity index (χ2n) is 3.10. The average Bonchev–Trinajstić information content (AvgIpc) is 2.16. The van der Waals surface area contributed by atoms with Crippen LogP contribution in [0.4, 0.5) is 0 Å². The highest BCUT2D eigenvalue weighted by Gasteiger charge is 2.07. The van der Waals surface area contributed by atoms with Crippen LogP contribution in [0.25, 0.3) is 0 Å². The monoisotopic (exact) mass is 196 g/mol. The van der Waals surface area contributed by atoms with E-state index in [0.29, 0.717) is 0 Å². The molecule has 1 aromatic heterocycles. The highest BCUT2D eigenvalue weighted by atomic mass is 32.2. The second kappa shape index (κ2) is 4.63. The zero-order valence-electron chi connectivity index (χ0n) is 8.37. The van der Waals surface area contributed by atoms with Crippen LogP contribution in [0.5, 0.6) is 0 Å². The first kappa shape index (κ1) is 10.5. The van der Waals surface area contributed by atoms with Crippen LogP contribution < -0.4 is 5.73 Å². The molecule has 72 valence electrons. The maximum absolute atomic E-state index is 5.94. The molecule has 0 radical (unpaired) electrons. The Kier molecular flexibility index (Phi) is 3.75. The standard InChI is InChI=1S/C10H16N2S/c1-4-9(11)8-6-12-10(13-3)5-7(8)2/h5-6,9H,4,11H2,1-3H3. The molecule has 0 aliphatic carbocycles. The Hall–Kier alpha value is -0.540. The lowest BCUT2D eigenvalue weighted by Crippen LogP contribution is -2.10. The Morgan fingerprint density at radius 3 is 2.77 bits per heavy atom. The van der Waals surface area contributed by atoms with E-state index < -0.39 is 0 Å². The van der Waals surface area contributed by atoms with Gasteiger partial charge in [0.2, 0.25) is 0 Å². The molecule has 0 fully saturated rings. The molecule has 0 aliphatic rings. The van der Waals surface area contributed by atoms with Gasteiger partial charge >= 0.3 is 0 Å². The minimum Gasteiger partial charge on any atom is -0.324 e. The van der Waals surface area contributed by atoms with E-state index in [4.69, 9.17) is 5.73 Å². The summed E-state index contributed by atoms with van der Waals surface area (Å²) in [6, 6.07) is 2.22. The van der Waals surface area contributed by atoms with Gasteiger partial charge in [0.25, 0.3) is 0 Å². The molecule has 1 heterocycles. The minimum absolute atomic E-state index is 0.128. The Balaban J connectivity index is 2.98. The van der Waals surface area contributed by atoms with Gasteiger partial charge < -0.3 is 5.73 Å². The van der Waals surface area contributed by atoms with Gasteiger partial charge in [-0.15, -0.1) is 11.8 Å². The number of nitrogens with zero attached hydrogens (tertiary/aromatic N) is 1. The van der Waals surface area contributed by atoms with Crippen molar-refractivity contribution >= 4 is 11.8 Å². The number of rotatable bonds is 3. The van der Waals surface area contributed by atoms with E-state index >= 15 is 0 Å². The molecular formula is C10H16N2S. The first-order chi connectivity index (χ1) is 6.19. The van der Waals surface area contributed by atoms with E-state index in [1.165, 1.54) is 11.1 Å². The molecule has 0 bridgehead atoms. The highest BCUT2D eigenvalue weighted by Crippen LogP contribution is 2.21. The number of hydrogen-bond donors (Lipinski definition) is 1. The molecule has 0 aromatic carbocycles. The lowest BCUT2D eigenvalue weighted by Gasteiger charge is -2.12.